The third-order valence-electron chi connectivity index (χ3n) is 7.35. The molecule has 3 rings (SSSR count). The first-order valence-corrected chi connectivity index (χ1v) is 15.8. The van der Waals surface area contributed by atoms with Crippen molar-refractivity contribution in [1.29, 1.82) is 0 Å². The van der Waals surface area contributed by atoms with E-state index in [1.54, 1.807) is 53.7 Å². The first-order valence-electron chi connectivity index (χ1n) is 15.8. The highest BCUT2D eigenvalue weighted by molar-refractivity contribution is 5.94. The molecular weight excluding hydrogens is 592 g/mol. The van der Waals surface area contributed by atoms with Crippen LogP contribution in [0.25, 0.3) is 0 Å². The molecule has 0 saturated carbocycles. The summed E-state index contributed by atoms with van der Waals surface area (Å²) in [6.45, 7) is 6.42. The fourth-order valence-corrected chi connectivity index (χ4v) is 4.98. The zero-order valence-corrected chi connectivity index (χ0v) is 26.8. The number of carbonyl (C=O) groups excluding carboxylic acids is 5. The van der Waals surface area contributed by atoms with Gasteiger partial charge in [0.15, 0.2) is 6.61 Å². The maximum Gasteiger partial charge on any atom is 0.257 e. The summed E-state index contributed by atoms with van der Waals surface area (Å²) in [7, 11) is 0. The van der Waals surface area contributed by atoms with Crippen molar-refractivity contribution in [1.82, 2.24) is 31.2 Å². The molecule has 1 aromatic heterocycles. The van der Waals surface area contributed by atoms with E-state index in [1.165, 1.54) is 6.92 Å². The third kappa shape index (κ3) is 12.1. The van der Waals surface area contributed by atoms with Gasteiger partial charge in [0.2, 0.25) is 17.7 Å². The Balaban J connectivity index is 1.77. The second-order valence-corrected chi connectivity index (χ2v) is 11.8. The van der Waals surface area contributed by atoms with E-state index >= 15 is 0 Å². The molecule has 1 aliphatic heterocycles. The van der Waals surface area contributed by atoms with E-state index in [0.29, 0.717) is 62.2 Å². The first kappa shape index (κ1) is 36.0. The Morgan fingerprint density at radius 3 is 2.37 bits per heavy atom. The number of rotatable bonds is 4. The average Bonchev–Trinajstić information content (AvgIpc) is 3.02. The molecule has 46 heavy (non-hydrogen) atoms. The van der Waals surface area contributed by atoms with Gasteiger partial charge in [-0.1, -0.05) is 26.0 Å². The molecule has 0 aliphatic carbocycles. The molecule has 1 aliphatic rings. The second kappa shape index (κ2) is 18.4. The van der Waals surface area contributed by atoms with E-state index in [2.05, 4.69) is 26.3 Å². The van der Waals surface area contributed by atoms with Crippen molar-refractivity contribution in [3.8, 4) is 5.75 Å². The zero-order valence-electron chi connectivity index (χ0n) is 26.8. The number of nitrogens with one attached hydrogen (secondary N) is 4. The van der Waals surface area contributed by atoms with Crippen LogP contribution in [-0.4, -0.2) is 95.5 Å². The zero-order chi connectivity index (χ0) is 33.5. The van der Waals surface area contributed by atoms with Gasteiger partial charge in [-0.2, -0.15) is 0 Å². The highest BCUT2D eigenvalue weighted by Crippen LogP contribution is 2.15. The molecule has 250 valence electrons. The molecule has 0 saturated heterocycles. The molecule has 5 amide bonds. The van der Waals surface area contributed by atoms with Crippen LogP contribution in [0.1, 0.15) is 62.4 Å². The molecule has 2 heterocycles. The maximum atomic E-state index is 13.3. The lowest BCUT2D eigenvalue weighted by molar-refractivity contribution is -0.134. The normalized spacial score (nSPS) is 20.7. The Hall–Kier alpha value is -4.52. The van der Waals surface area contributed by atoms with Gasteiger partial charge in [-0.15, -0.1) is 0 Å². The molecule has 3 atom stereocenters. The average molecular weight is 639 g/mol. The molecular formula is C33H46N6O7. The summed E-state index contributed by atoms with van der Waals surface area (Å²) < 4.78 is 5.64. The van der Waals surface area contributed by atoms with Gasteiger partial charge in [0, 0.05) is 44.1 Å². The number of aromatic nitrogens is 1. The van der Waals surface area contributed by atoms with Crippen LogP contribution < -0.4 is 26.0 Å². The minimum atomic E-state index is -1.22. The Morgan fingerprint density at radius 1 is 0.935 bits per heavy atom. The predicted molar refractivity (Wildman–Crippen MR) is 171 cm³/mol. The van der Waals surface area contributed by atoms with Gasteiger partial charge < -0.3 is 36.0 Å². The summed E-state index contributed by atoms with van der Waals surface area (Å²) >= 11 is 0. The number of amides is 5. The number of benzene rings is 1. The monoisotopic (exact) mass is 638 g/mol. The number of nitrogens with zero attached hydrogens (tertiary/aromatic N) is 2. The van der Waals surface area contributed by atoms with E-state index in [1.807, 2.05) is 13.8 Å². The van der Waals surface area contributed by atoms with Crippen molar-refractivity contribution in [3.05, 3.63) is 59.9 Å². The molecule has 13 heteroatoms. The largest absolute Gasteiger partial charge is 0.484 e. The van der Waals surface area contributed by atoms with Crippen LogP contribution in [0.5, 0.6) is 5.75 Å². The van der Waals surface area contributed by atoms with Gasteiger partial charge in [0.1, 0.15) is 17.8 Å². The van der Waals surface area contributed by atoms with Gasteiger partial charge in [-0.3, -0.25) is 29.0 Å². The van der Waals surface area contributed by atoms with E-state index in [-0.39, 0.29) is 37.3 Å². The summed E-state index contributed by atoms with van der Waals surface area (Å²) in [5.74, 6) is -1.56. The second-order valence-electron chi connectivity index (χ2n) is 11.8. The maximum absolute atomic E-state index is 13.3. The molecule has 1 aromatic carbocycles. The van der Waals surface area contributed by atoms with Crippen molar-refractivity contribution in [2.45, 2.75) is 71.1 Å². The van der Waals surface area contributed by atoms with E-state index in [4.69, 9.17) is 4.74 Å². The van der Waals surface area contributed by atoms with Crippen LogP contribution >= 0.6 is 0 Å². The molecule has 0 radical (unpaired) electrons. The summed E-state index contributed by atoms with van der Waals surface area (Å²) in [6.07, 6.45) is 3.81. The topological polar surface area (TPSA) is 179 Å². The molecule has 2 bridgehead atoms. The lowest BCUT2D eigenvalue weighted by atomic mass is 10.0. The Labute approximate surface area is 269 Å². The van der Waals surface area contributed by atoms with Gasteiger partial charge in [-0.05, 0) is 68.4 Å². The van der Waals surface area contributed by atoms with Crippen molar-refractivity contribution in [3.63, 3.8) is 0 Å². The number of fused-ring (bicyclic) bond motifs is 2. The Morgan fingerprint density at radius 2 is 1.65 bits per heavy atom. The number of hydrogen-bond acceptors (Lipinski definition) is 8. The van der Waals surface area contributed by atoms with Gasteiger partial charge in [0.05, 0.1) is 12.5 Å². The number of aliphatic hydroxyl groups excluding tert-OH is 1. The predicted octanol–water partition coefficient (Wildman–Crippen LogP) is 0.958. The first-order chi connectivity index (χ1) is 22.0. The van der Waals surface area contributed by atoms with Crippen LogP contribution in [0.2, 0.25) is 0 Å². The van der Waals surface area contributed by atoms with Crippen molar-refractivity contribution >= 4 is 29.5 Å². The smallest absolute Gasteiger partial charge is 0.257 e. The third-order valence-corrected chi connectivity index (χ3v) is 7.35. The SMILES string of the molecule is CC(C)C[C@H]1NC(=O)Cc2cccc(c2)OCC(=O)NCCCN(C(=O)c2ccncc2)CCCCNC(=O)[C@H]([C@@H](C)O)NC1=O. The van der Waals surface area contributed by atoms with Gasteiger partial charge in [-0.25, -0.2) is 0 Å². The summed E-state index contributed by atoms with van der Waals surface area (Å²) in [6, 6.07) is 7.91. The molecule has 2 aromatic rings. The van der Waals surface area contributed by atoms with Crippen molar-refractivity contribution < 1.29 is 33.8 Å². The summed E-state index contributed by atoms with van der Waals surface area (Å²) in [4.78, 5) is 70.5. The fourth-order valence-electron chi connectivity index (χ4n) is 4.98. The number of ether oxygens (including phenoxy) is 1. The van der Waals surface area contributed by atoms with E-state index < -0.39 is 35.9 Å². The van der Waals surface area contributed by atoms with Crippen LogP contribution in [0.3, 0.4) is 0 Å². The minimum Gasteiger partial charge on any atom is -0.484 e. The number of carbonyl (C=O) groups is 5. The highest BCUT2D eigenvalue weighted by Gasteiger charge is 2.30. The van der Waals surface area contributed by atoms with Crippen molar-refractivity contribution in [2.75, 3.05) is 32.8 Å². The minimum absolute atomic E-state index is 0.0414. The Bertz CT molecular complexity index is 1320. The number of hydrogen-bond donors (Lipinski definition) is 5. The van der Waals surface area contributed by atoms with Crippen LogP contribution in [0.4, 0.5) is 0 Å². The highest BCUT2D eigenvalue weighted by atomic mass is 16.5. The molecule has 0 spiro atoms. The van der Waals surface area contributed by atoms with E-state index in [9.17, 15) is 29.1 Å². The molecule has 0 unspecified atom stereocenters. The van der Waals surface area contributed by atoms with Crippen LogP contribution in [0.15, 0.2) is 48.8 Å². The van der Waals surface area contributed by atoms with Gasteiger partial charge in [0.25, 0.3) is 11.8 Å². The van der Waals surface area contributed by atoms with E-state index in [0.717, 1.165) is 0 Å². The quantitative estimate of drug-likeness (QED) is 0.329. The van der Waals surface area contributed by atoms with Crippen LogP contribution in [0, 0.1) is 5.92 Å². The number of pyridine rings is 1. The molecule has 13 nitrogen and oxygen atoms in total. The fraction of sp³-hybridized carbons (Fsp3) is 0.515. The summed E-state index contributed by atoms with van der Waals surface area (Å²) in [5.41, 5.74) is 1.12. The lowest BCUT2D eigenvalue weighted by Crippen LogP contribution is -2.57. The standard InChI is InChI=1S/C33H46N6O7/c1-22(2)18-27-31(43)38-30(23(3)40)32(44)36-12-4-5-16-39(33(45)25-10-14-34-15-11-25)17-7-13-35-29(42)21-46-26-9-6-8-24(19-26)20-28(41)37-27/h6,8-11,14-15,19,22-23,27,30,40H,4-5,7,12-13,16-18,20-21H2,1-3H3,(H,35,42)(H,36,44)(H,37,41)(H,38,43)/t23-,27-,30+/m1/s1. The van der Waals surface area contributed by atoms with Crippen molar-refractivity contribution in [2.24, 2.45) is 5.92 Å². The lowest BCUT2D eigenvalue weighted by Gasteiger charge is -2.26. The van der Waals surface area contributed by atoms with Crippen LogP contribution in [-0.2, 0) is 25.6 Å². The Kier molecular flexibility index (Phi) is 14.4. The molecule has 5 N–H and O–H groups in total. The van der Waals surface area contributed by atoms with Gasteiger partial charge >= 0.3 is 0 Å². The number of aliphatic hydroxyl groups is 1. The molecule has 0 fully saturated rings. The summed E-state index contributed by atoms with van der Waals surface area (Å²) in [5, 5.41) is 21.3.